The molecule has 3 aromatic heterocycles. The summed E-state index contributed by atoms with van der Waals surface area (Å²) in [6.45, 7) is 3.45. The molecular formula is C27H25N5O2S2. The van der Waals surface area contributed by atoms with E-state index in [0.717, 1.165) is 34.9 Å². The Balaban J connectivity index is 1.30. The lowest BCUT2D eigenvalue weighted by Crippen LogP contribution is -2.24. The zero-order valence-corrected chi connectivity index (χ0v) is 21.5. The zero-order chi connectivity index (χ0) is 24.6. The number of anilines is 1. The lowest BCUT2D eigenvalue weighted by atomic mass is 10.0. The molecule has 0 spiro atoms. The van der Waals surface area contributed by atoms with Crippen LogP contribution in [-0.2, 0) is 17.1 Å². The number of amides is 1. The fourth-order valence-corrected chi connectivity index (χ4v) is 6.48. The highest BCUT2D eigenvalue weighted by Crippen LogP contribution is 2.29. The normalized spacial score (nSPS) is 14.8. The first kappa shape index (κ1) is 23.0. The van der Waals surface area contributed by atoms with Crippen LogP contribution in [0.1, 0.15) is 36.8 Å². The molecule has 0 unspecified atom stereocenters. The molecule has 0 N–H and O–H groups in total. The third-order valence-electron chi connectivity index (χ3n) is 6.70. The summed E-state index contributed by atoms with van der Waals surface area (Å²) < 4.78 is 4.48. The Hall–Kier alpha value is -3.43. The molecule has 2 aromatic carbocycles. The number of thioether (sulfide) groups is 1. The summed E-state index contributed by atoms with van der Waals surface area (Å²) in [7, 11) is 0. The van der Waals surface area contributed by atoms with Gasteiger partial charge in [0.2, 0.25) is 11.7 Å². The second kappa shape index (κ2) is 9.55. The standard InChI is InChI=1S/C27H25N5O2S2/c1-18(20-6-3-2-4-7-20)16-31-25(34)24-22(13-15-35-24)32-26(31)28-29-27(32)36-17-19-9-11-21(12-10-19)30-14-5-8-23(30)33/h2-4,6-7,9-13,15,18H,5,8,14,16-17H2,1H3/t18-/m1/s1. The molecule has 4 heterocycles. The van der Waals surface area contributed by atoms with Crippen molar-refractivity contribution in [1.82, 2.24) is 19.2 Å². The van der Waals surface area contributed by atoms with Gasteiger partial charge in [0.1, 0.15) is 4.70 Å². The SMILES string of the molecule is C[C@H](Cn1c(=O)c2sccc2n2c(SCc3ccc(N4CCCC4=O)cc3)nnc12)c1ccccc1. The summed E-state index contributed by atoms with van der Waals surface area (Å²) in [5, 5.41) is 11.6. The number of carbonyl (C=O) groups excluding carboxylic acids is 1. The number of nitrogens with zero attached hydrogens (tertiary/aromatic N) is 5. The van der Waals surface area contributed by atoms with E-state index in [1.165, 1.54) is 16.9 Å². The molecule has 5 aromatic rings. The largest absolute Gasteiger partial charge is 0.312 e. The third-order valence-corrected chi connectivity index (χ3v) is 8.59. The molecule has 0 radical (unpaired) electrons. The van der Waals surface area contributed by atoms with Crippen LogP contribution in [0.4, 0.5) is 5.69 Å². The number of benzene rings is 2. The van der Waals surface area contributed by atoms with Gasteiger partial charge in [0.25, 0.3) is 5.56 Å². The van der Waals surface area contributed by atoms with Gasteiger partial charge in [0.15, 0.2) is 5.16 Å². The fourth-order valence-electron chi connectivity index (χ4n) is 4.76. The summed E-state index contributed by atoms with van der Waals surface area (Å²) >= 11 is 3.05. The Kier molecular flexibility index (Phi) is 6.10. The summed E-state index contributed by atoms with van der Waals surface area (Å²) in [5.74, 6) is 1.62. The van der Waals surface area contributed by atoms with Gasteiger partial charge in [-0.25, -0.2) is 0 Å². The minimum absolute atomic E-state index is 0.0220. The number of hydrogen-bond donors (Lipinski definition) is 0. The molecule has 7 nitrogen and oxygen atoms in total. The lowest BCUT2D eigenvalue weighted by molar-refractivity contribution is -0.117. The van der Waals surface area contributed by atoms with Crippen LogP contribution < -0.4 is 10.5 Å². The predicted octanol–water partition coefficient (Wildman–Crippen LogP) is 5.33. The number of hydrogen-bond acceptors (Lipinski definition) is 6. The van der Waals surface area contributed by atoms with Crippen LogP contribution in [0.2, 0.25) is 0 Å². The third kappa shape index (κ3) is 4.12. The van der Waals surface area contributed by atoms with Crippen molar-refractivity contribution in [1.29, 1.82) is 0 Å². The van der Waals surface area contributed by atoms with Gasteiger partial charge in [-0.3, -0.25) is 18.6 Å². The summed E-state index contributed by atoms with van der Waals surface area (Å²) in [6.07, 6.45) is 1.55. The molecule has 1 aliphatic rings. The van der Waals surface area contributed by atoms with E-state index in [0.29, 0.717) is 29.2 Å². The Morgan fingerprint density at radius 2 is 1.83 bits per heavy atom. The highest BCUT2D eigenvalue weighted by atomic mass is 32.2. The Bertz CT molecular complexity index is 1600. The maximum absolute atomic E-state index is 13.4. The van der Waals surface area contributed by atoms with Crippen LogP contribution in [-0.4, -0.2) is 31.6 Å². The lowest BCUT2D eigenvalue weighted by Gasteiger charge is -2.16. The summed E-state index contributed by atoms with van der Waals surface area (Å²) in [6, 6.07) is 20.3. The molecule has 9 heteroatoms. The maximum atomic E-state index is 13.4. The van der Waals surface area contributed by atoms with Gasteiger partial charge in [-0.05, 0) is 47.0 Å². The first-order valence-corrected chi connectivity index (χ1v) is 13.9. The Morgan fingerprint density at radius 1 is 1.03 bits per heavy atom. The van der Waals surface area contributed by atoms with Gasteiger partial charge >= 0.3 is 0 Å². The summed E-state index contributed by atoms with van der Waals surface area (Å²) in [4.78, 5) is 27.3. The van der Waals surface area contributed by atoms with E-state index in [1.54, 1.807) is 16.3 Å². The van der Waals surface area contributed by atoms with Crippen molar-refractivity contribution in [3.63, 3.8) is 0 Å². The van der Waals surface area contributed by atoms with Crippen molar-refractivity contribution in [3.05, 3.63) is 87.5 Å². The summed E-state index contributed by atoms with van der Waals surface area (Å²) in [5.41, 5.74) is 4.10. The van der Waals surface area contributed by atoms with Gasteiger partial charge in [0, 0.05) is 31.0 Å². The molecule has 1 fully saturated rings. The minimum Gasteiger partial charge on any atom is -0.312 e. The van der Waals surface area contributed by atoms with Crippen molar-refractivity contribution in [3.8, 4) is 0 Å². The number of carbonyl (C=O) groups is 1. The average molecular weight is 516 g/mol. The first-order valence-electron chi connectivity index (χ1n) is 12.0. The molecule has 1 aliphatic heterocycles. The monoisotopic (exact) mass is 515 g/mol. The van der Waals surface area contributed by atoms with Crippen molar-refractivity contribution in [2.75, 3.05) is 11.4 Å². The van der Waals surface area contributed by atoms with Gasteiger partial charge in [-0.2, -0.15) is 0 Å². The van der Waals surface area contributed by atoms with Gasteiger partial charge in [0.05, 0.1) is 5.52 Å². The Morgan fingerprint density at radius 3 is 2.58 bits per heavy atom. The molecule has 6 rings (SSSR count). The smallest absolute Gasteiger partial charge is 0.272 e. The van der Waals surface area contributed by atoms with E-state index >= 15 is 0 Å². The van der Waals surface area contributed by atoms with Crippen molar-refractivity contribution in [2.24, 2.45) is 0 Å². The number of fused-ring (bicyclic) bond motifs is 3. The van der Waals surface area contributed by atoms with Gasteiger partial charge in [-0.15, -0.1) is 21.5 Å². The quantitative estimate of drug-likeness (QED) is 0.274. The van der Waals surface area contributed by atoms with Crippen LogP contribution in [0.25, 0.3) is 16.0 Å². The first-order chi connectivity index (χ1) is 17.6. The maximum Gasteiger partial charge on any atom is 0.272 e. The second-order valence-electron chi connectivity index (χ2n) is 9.08. The van der Waals surface area contributed by atoms with E-state index < -0.39 is 0 Å². The number of rotatable bonds is 7. The molecule has 0 aliphatic carbocycles. The van der Waals surface area contributed by atoms with Crippen LogP contribution in [0.5, 0.6) is 0 Å². The molecule has 0 bridgehead atoms. The molecule has 182 valence electrons. The number of aromatic nitrogens is 4. The van der Waals surface area contributed by atoms with Crippen LogP contribution in [0, 0.1) is 0 Å². The van der Waals surface area contributed by atoms with Crippen LogP contribution >= 0.6 is 23.1 Å². The average Bonchev–Trinajstić information content (AvgIpc) is 3.65. The van der Waals surface area contributed by atoms with E-state index in [1.807, 2.05) is 51.1 Å². The van der Waals surface area contributed by atoms with E-state index in [-0.39, 0.29) is 17.4 Å². The predicted molar refractivity (Wildman–Crippen MR) is 145 cm³/mol. The van der Waals surface area contributed by atoms with Crippen molar-refractivity contribution >= 4 is 50.7 Å². The topological polar surface area (TPSA) is 72.5 Å². The van der Waals surface area contributed by atoms with E-state index in [2.05, 4.69) is 41.4 Å². The molecule has 0 saturated carbocycles. The molecule has 36 heavy (non-hydrogen) atoms. The van der Waals surface area contributed by atoms with Gasteiger partial charge < -0.3 is 4.90 Å². The number of thiophene rings is 1. The molecular weight excluding hydrogens is 490 g/mol. The second-order valence-corrected chi connectivity index (χ2v) is 10.9. The molecule has 1 saturated heterocycles. The minimum atomic E-state index is -0.0220. The fraction of sp³-hybridized carbons (Fsp3) is 0.259. The van der Waals surface area contributed by atoms with E-state index in [4.69, 9.17) is 0 Å². The van der Waals surface area contributed by atoms with E-state index in [9.17, 15) is 9.59 Å². The highest BCUT2D eigenvalue weighted by Gasteiger charge is 2.22. The van der Waals surface area contributed by atoms with Crippen LogP contribution in [0.15, 0.2) is 76.0 Å². The molecule has 1 atom stereocenters. The zero-order valence-electron chi connectivity index (χ0n) is 19.8. The molecule has 1 amide bonds. The van der Waals surface area contributed by atoms with Crippen LogP contribution in [0.3, 0.4) is 0 Å². The Labute approximate surface area is 216 Å². The van der Waals surface area contributed by atoms with Crippen molar-refractivity contribution in [2.45, 2.75) is 43.1 Å². The van der Waals surface area contributed by atoms with Gasteiger partial charge in [-0.1, -0.05) is 61.2 Å². The van der Waals surface area contributed by atoms with Crippen molar-refractivity contribution < 1.29 is 4.79 Å². The highest BCUT2D eigenvalue weighted by molar-refractivity contribution is 7.98.